The number of furan rings is 1. The minimum absolute atomic E-state index is 0.0497. The molecule has 4 aromatic rings. The zero-order chi connectivity index (χ0) is 28.1. The maximum Gasteiger partial charge on any atom is 0.328 e. The number of sulfonamides is 1. The van der Waals surface area contributed by atoms with Crippen molar-refractivity contribution in [3.63, 3.8) is 0 Å². The zero-order valence-corrected chi connectivity index (χ0v) is 22.7. The second-order valence-corrected chi connectivity index (χ2v) is 10.7. The predicted octanol–water partition coefficient (Wildman–Crippen LogP) is 4.84. The molecular weight excluding hydrogens is 532 g/mol. The average Bonchev–Trinajstić information content (AvgIpc) is 3.67. The zero-order valence-electron chi connectivity index (χ0n) is 21.9. The van der Waals surface area contributed by atoms with Gasteiger partial charge in [0.05, 0.1) is 37.1 Å². The number of carbonyl (C=O) groups excluding carboxylic acids is 1. The van der Waals surface area contributed by atoms with Gasteiger partial charge in [-0.25, -0.2) is 17.9 Å². The maximum atomic E-state index is 12.9. The van der Waals surface area contributed by atoms with Crippen LogP contribution in [-0.4, -0.2) is 34.4 Å². The lowest BCUT2D eigenvalue weighted by Gasteiger charge is -2.24. The molecule has 1 unspecified atom stereocenters. The highest BCUT2D eigenvalue weighted by atomic mass is 32.2. The summed E-state index contributed by atoms with van der Waals surface area (Å²) in [7, 11) is -0.921. The van der Waals surface area contributed by atoms with Crippen molar-refractivity contribution in [1.29, 1.82) is 0 Å². The third kappa shape index (κ3) is 5.94. The number of benzene rings is 3. The van der Waals surface area contributed by atoms with Gasteiger partial charge in [0.2, 0.25) is 0 Å². The van der Waals surface area contributed by atoms with E-state index in [1.54, 1.807) is 56.9 Å². The van der Waals surface area contributed by atoms with Crippen LogP contribution in [0.5, 0.6) is 11.5 Å². The number of hydrazone groups is 1. The fourth-order valence-corrected chi connectivity index (χ4v) is 5.27. The molecule has 40 heavy (non-hydrogen) atoms. The summed E-state index contributed by atoms with van der Waals surface area (Å²) in [6, 6.07) is 23.7. The number of anilines is 1. The van der Waals surface area contributed by atoms with Crippen LogP contribution in [0.3, 0.4) is 0 Å². The molecule has 3 aromatic carbocycles. The summed E-state index contributed by atoms with van der Waals surface area (Å²) in [5, 5.41) is 9.19. The molecule has 0 aliphatic carbocycles. The van der Waals surface area contributed by atoms with Crippen LogP contribution in [0.15, 0.2) is 106 Å². The number of rotatable bonds is 9. The molecule has 0 saturated carbocycles. The predicted molar refractivity (Wildman–Crippen MR) is 150 cm³/mol. The molecule has 1 aliphatic heterocycles. The van der Waals surface area contributed by atoms with Crippen molar-refractivity contribution in [2.24, 2.45) is 5.10 Å². The van der Waals surface area contributed by atoms with Crippen LogP contribution in [0, 0.1) is 0 Å². The summed E-state index contributed by atoms with van der Waals surface area (Å²) in [4.78, 5) is 12.3. The van der Waals surface area contributed by atoms with Crippen molar-refractivity contribution in [2.45, 2.75) is 23.9 Å². The van der Waals surface area contributed by atoms with Gasteiger partial charge in [-0.15, -0.1) is 0 Å². The molecule has 0 bridgehead atoms. The SMILES string of the molecule is COc1ccc(CNC(=O)NS(=O)(=O)c2ccc(N3N=C(c4ccco4)CC3c3ccc(OC)cc3)cc2)cc1. The number of ether oxygens (including phenoxy) is 2. The summed E-state index contributed by atoms with van der Waals surface area (Å²) in [5.41, 5.74) is 3.27. The van der Waals surface area contributed by atoms with Gasteiger partial charge in [-0.2, -0.15) is 5.10 Å². The summed E-state index contributed by atoms with van der Waals surface area (Å²) in [6.07, 6.45) is 2.19. The maximum absolute atomic E-state index is 12.9. The molecule has 1 atom stereocenters. The van der Waals surface area contributed by atoms with E-state index in [2.05, 4.69) is 10.0 Å². The molecule has 10 nitrogen and oxygen atoms in total. The summed E-state index contributed by atoms with van der Waals surface area (Å²) < 4.78 is 43.8. The summed E-state index contributed by atoms with van der Waals surface area (Å²) in [5.74, 6) is 2.10. The van der Waals surface area contributed by atoms with Crippen molar-refractivity contribution in [3.8, 4) is 11.5 Å². The lowest BCUT2D eigenvalue weighted by atomic mass is 10.0. The second-order valence-electron chi connectivity index (χ2n) is 8.99. The first-order chi connectivity index (χ1) is 19.4. The molecule has 2 amide bonds. The fraction of sp³-hybridized carbons (Fsp3) is 0.172. The lowest BCUT2D eigenvalue weighted by Crippen LogP contribution is -2.39. The van der Waals surface area contributed by atoms with Crippen molar-refractivity contribution >= 4 is 27.5 Å². The van der Waals surface area contributed by atoms with Gasteiger partial charge in [0.25, 0.3) is 10.0 Å². The highest BCUT2D eigenvalue weighted by Gasteiger charge is 2.31. The molecule has 0 saturated heterocycles. The average molecular weight is 561 g/mol. The van der Waals surface area contributed by atoms with Crippen LogP contribution in [0.2, 0.25) is 0 Å². The van der Waals surface area contributed by atoms with Crippen molar-refractivity contribution in [2.75, 3.05) is 19.2 Å². The number of methoxy groups -OCH3 is 2. The molecule has 0 spiro atoms. The van der Waals surface area contributed by atoms with Gasteiger partial charge in [0, 0.05) is 13.0 Å². The van der Waals surface area contributed by atoms with Gasteiger partial charge in [0.1, 0.15) is 23.0 Å². The molecule has 1 aliphatic rings. The van der Waals surface area contributed by atoms with E-state index < -0.39 is 16.1 Å². The molecule has 2 N–H and O–H groups in total. The number of amides is 2. The van der Waals surface area contributed by atoms with Gasteiger partial charge in [-0.3, -0.25) is 5.01 Å². The largest absolute Gasteiger partial charge is 0.497 e. The quantitative estimate of drug-likeness (QED) is 0.300. The normalized spacial score (nSPS) is 14.9. The number of carbonyl (C=O) groups is 1. The third-order valence-corrected chi connectivity index (χ3v) is 7.81. The topological polar surface area (TPSA) is 122 Å². The first kappa shape index (κ1) is 26.8. The Morgan fingerprint density at radius 3 is 2.20 bits per heavy atom. The summed E-state index contributed by atoms with van der Waals surface area (Å²) >= 11 is 0. The smallest absolute Gasteiger partial charge is 0.328 e. The van der Waals surface area contributed by atoms with Gasteiger partial charge in [-0.1, -0.05) is 24.3 Å². The Kier molecular flexibility index (Phi) is 7.74. The van der Waals surface area contributed by atoms with Crippen LogP contribution in [0.4, 0.5) is 10.5 Å². The Morgan fingerprint density at radius 2 is 1.60 bits per heavy atom. The Morgan fingerprint density at radius 1 is 0.950 bits per heavy atom. The van der Waals surface area contributed by atoms with Crippen molar-refractivity contribution < 1.29 is 27.1 Å². The first-order valence-corrected chi connectivity index (χ1v) is 13.9. The van der Waals surface area contributed by atoms with Gasteiger partial charge < -0.3 is 19.2 Å². The molecule has 11 heteroatoms. The first-order valence-electron chi connectivity index (χ1n) is 12.4. The number of hydrogen-bond acceptors (Lipinski definition) is 8. The number of nitrogens with zero attached hydrogens (tertiary/aromatic N) is 2. The van der Waals surface area contributed by atoms with E-state index in [0.29, 0.717) is 23.6 Å². The Hall–Kier alpha value is -4.77. The van der Waals surface area contributed by atoms with Crippen LogP contribution in [0.25, 0.3) is 0 Å². The van der Waals surface area contributed by atoms with E-state index in [9.17, 15) is 13.2 Å². The van der Waals surface area contributed by atoms with Gasteiger partial charge >= 0.3 is 6.03 Å². The van der Waals surface area contributed by atoms with Crippen LogP contribution < -0.4 is 24.5 Å². The molecule has 206 valence electrons. The molecule has 2 heterocycles. The highest BCUT2D eigenvalue weighted by molar-refractivity contribution is 7.90. The third-order valence-electron chi connectivity index (χ3n) is 6.47. The monoisotopic (exact) mass is 560 g/mol. The summed E-state index contributed by atoms with van der Waals surface area (Å²) in [6.45, 7) is 0.155. The van der Waals surface area contributed by atoms with E-state index in [1.165, 1.54) is 12.1 Å². The number of urea groups is 1. The van der Waals surface area contributed by atoms with Gasteiger partial charge in [-0.05, 0) is 71.8 Å². The molecule has 5 rings (SSSR count). The minimum Gasteiger partial charge on any atom is -0.497 e. The fourth-order valence-electron chi connectivity index (χ4n) is 4.35. The lowest BCUT2D eigenvalue weighted by molar-refractivity contribution is 0.245. The minimum atomic E-state index is -4.10. The van der Waals surface area contributed by atoms with E-state index in [-0.39, 0.29) is 17.5 Å². The molecular formula is C29H28N4O6S. The van der Waals surface area contributed by atoms with Crippen LogP contribution in [0.1, 0.15) is 29.3 Å². The van der Waals surface area contributed by atoms with Gasteiger partial charge in [0.15, 0.2) is 0 Å². The van der Waals surface area contributed by atoms with Crippen molar-refractivity contribution in [1.82, 2.24) is 10.0 Å². The Labute approximate surface area is 232 Å². The number of hydrogen-bond donors (Lipinski definition) is 2. The molecule has 0 radical (unpaired) electrons. The van der Waals surface area contributed by atoms with E-state index in [1.807, 2.05) is 41.4 Å². The highest BCUT2D eigenvalue weighted by Crippen LogP contribution is 2.37. The Balaban J connectivity index is 1.30. The molecule has 0 fully saturated rings. The van der Waals surface area contributed by atoms with E-state index in [0.717, 1.165) is 22.6 Å². The van der Waals surface area contributed by atoms with Crippen LogP contribution >= 0.6 is 0 Å². The molecule has 1 aromatic heterocycles. The standard InChI is InChI=1S/C29H28N4O6S/c1-37-23-11-5-20(6-12-23)19-30-29(34)32-40(35,36)25-15-9-22(10-16-25)33-27(21-7-13-24(38-2)14-8-21)18-26(31-33)28-4-3-17-39-28/h3-17,27H,18-19H2,1-2H3,(H2,30,32,34). The number of nitrogens with one attached hydrogen (secondary N) is 2. The van der Waals surface area contributed by atoms with Crippen LogP contribution in [-0.2, 0) is 16.6 Å². The second kappa shape index (κ2) is 11.5. The van der Waals surface area contributed by atoms with Crippen molar-refractivity contribution in [3.05, 3.63) is 108 Å². The Bertz CT molecular complexity index is 1580. The van der Waals surface area contributed by atoms with E-state index in [4.69, 9.17) is 19.0 Å². The van der Waals surface area contributed by atoms with E-state index >= 15 is 0 Å².